The van der Waals surface area contributed by atoms with E-state index in [0.29, 0.717) is 18.8 Å². The molecule has 1 unspecified atom stereocenters. The van der Waals surface area contributed by atoms with Crippen molar-refractivity contribution in [2.24, 2.45) is 0 Å². The van der Waals surface area contributed by atoms with Crippen molar-refractivity contribution in [3.63, 3.8) is 0 Å². The number of morpholine rings is 1. The number of nitrogens with zero attached hydrogens (tertiary/aromatic N) is 4. The topological polar surface area (TPSA) is 72.3 Å². The molecule has 2 aromatic heterocycles. The smallest absolute Gasteiger partial charge is 0.254 e. The number of benzene rings is 1. The SMILES string of the molecule is Cc1cnn(-c2ccncc2NC(=O)C2CN(Cc3ccccc3)CCO2)c1. The molecule has 28 heavy (non-hydrogen) atoms. The Kier molecular flexibility index (Phi) is 5.45. The Morgan fingerprint density at radius 1 is 1.25 bits per heavy atom. The molecule has 0 saturated carbocycles. The van der Waals surface area contributed by atoms with Gasteiger partial charge in [0.15, 0.2) is 0 Å². The Balaban J connectivity index is 1.44. The normalized spacial score (nSPS) is 17.4. The number of aryl methyl sites for hydroxylation is 1. The summed E-state index contributed by atoms with van der Waals surface area (Å²) in [5.41, 5.74) is 3.65. The van der Waals surface area contributed by atoms with E-state index in [2.05, 4.69) is 32.4 Å². The van der Waals surface area contributed by atoms with E-state index in [1.165, 1.54) is 5.56 Å². The van der Waals surface area contributed by atoms with E-state index in [1.807, 2.05) is 37.4 Å². The fraction of sp³-hybridized carbons (Fsp3) is 0.286. The lowest BCUT2D eigenvalue weighted by Crippen LogP contribution is -2.47. The van der Waals surface area contributed by atoms with Gasteiger partial charge in [-0.3, -0.25) is 14.7 Å². The van der Waals surface area contributed by atoms with Crippen molar-refractivity contribution < 1.29 is 9.53 Å². The minimum Gasteiger partial charge on any atom is -0.366 e. The summed E-state index contributed by atoms with van der Waals surface area (Å²) in [5.74, 6) is -0.170. The van der Waals surface area contributed by atoms with Gasteiger partial charge < -0.3 is 10.1 Å². The van der Waals surface area contributed by atoms with Crippen LogP contribution in [0.25, 0.3) is 5.69 Å². The first-order valence-electron chi connectivity index (χ1n) is 9.33. The van der Waals surface area contributed by atoms with Gasteiger partial charge in [0, 0.05) is 32.0 Å². The van der Waals surface area contributed by atoms with Crippen LogP contribution < -0.4 is 5.32 Å². The van der Waals surface area contributed by atoms with E-state index in [9.17, 15) is 4.79 Å². The number of rotatable bonds is 5. The molecule has 1 aromatic carbocycles. The molecule has 4 rings (SSSR count). The van der Waals surface area contributed by atoms with E-state index in [4.69, 9.17) is 4.74 Å². The monoisotopic (exact) mass is 377 g/mol. The van der Waals surface area contributed by atoms with Crippen LogP contribution in [0.4, 0.5) is 5.69 Å². The second kappa shape index (κ2) is 8.33. The van der Waals surface area contributed by atoms with Crippen LogP contribution in [0.15, 0.2) is 61.2 Å². The number of carbonyl (C=O) groups is 1. The van der Waals surface area contributed by atoms with Crippen molar-refractivity contribution >= 4 is 11.6 Å². The Bertz CT molecular complexity index is 941. The van der Waals surface area contributed by atoms with Gasteiger partial charge in [-0.1, -0.05) is 30.3 Å². The number of carbonyl (C=O) groups excluding carboxylic acids is 1. The first-order valence-corrected chi connectivity index (χ1v) is 9.33. The van der Waals surface area contributed by atoms with Crippen molar-refractivity contribution in [3.05, 3.63) is 72.3 Å². The molecule has 1 fully saturated rings. The minimum atomic E-state index is -0.523. The van der Waals surface area contributed by atoms with Gasteiger partial charge in [0.05, 0.1) is 30.4 Å². The number of aromatic nitrogens is 3. The molecule has 1 saturated heterocycles. The summed E-state index contributed by atoms with van der Waals surface area (Å²) in [6.07, 6.45) is 6.47. The highest BCUT2D eigenvalue weighted by atomic mass is 16.5. The van der Waals surface area contributed by atoms with E-state index in [1.54, 1.807) is 23.3 Å². The lowest BCUT2D eigenvalue weighted by Gasteiger charge is -2.32. The molecule has 1 aliphatic rings. The van der Waals surface area contributed by atoms with E-state index < -0.39 is 6.10 Å². The summed E-state index contributed by atoms with van der Waals surface area (Å²) in [4.78, 5) is 19.2. The highest BCUT2D eigenvalue weighted by Gasteiger charge is 2.27. The molecule has 1 atom stereocenters. The number of hydrogen-bond donors (Lipinski definition) is 1. The Labute approximate surface area is 164 Å². The Hall–Kier alpha value is -3.03. The zero-order valence-corrected chi connectivity index (χ0v) is 15.8. The average molecular weight is 377 g/mol. The maximum atomic E-state index is 12.8. The highest BCUT2D eigenvalue weighted by Crippen LogP contribution is 2.20. The second-order valence-electron chi connectivity index (χ2n) is 6.92. The lowest BCUT2D eigenvalue weighted by molar-refractivity contribution is -0.133. The molecule has 1 aliphatic heterocycles. The molecule has 3 heterocycles. The maximum absolute atomic E-state index is 12.8. The number of anilines is 1. The van der Waals surface area contributed by atoms with Gasteiger partial charge in [0.2, 0.25) is 0 Å². The number of amides is 1. The van der Waals surface area contributed by atoms with Crippen LogP contribution in [0, 0.1) is 6.92 Å². The number of pyridine rings is 1. The van der Waals surface area contributed by atoms with Gasteiger partial charge in [-0.05, 0) is 24.1 Å². The van der Waals surface area contributed by atoms with Gasteiger partial charge in [0.1, 0.15) is 6.10 Å². The molecule has 144 valence electrons. The third kappa shape index (κ3) is 4.27. The molecule has 7 heteroatoms. The van der Waals surface area contributed by atoms with E-state index >= 15 is 0 Å². The molecule has 0 aliphatic carbocycles. The van der Waals surface area contributed by atoms with Crippen molar-refractivity contribution in [1.82, 2.24) is 19.7 Å². The van der Waals surface area contributed by atoms with Crippen LogP contribution in [0.1, 0.15) is 11.1 Å². The van der Waals surface area contributed by atoms with Crippen LogP contribution in [0.2, 0.25) is 0 Å². The first kappa shape index (κ1) is 18.3. The lowest BCUT2D eigenvalue weighted by atomic mass is 10.2. The number of nitrogens with one attached hydrogen (secondary N) is 1. The van der Waals surface area contributed by atoms with Crippen LogP contribution in [-0.2, 0) is 16.1 Å². The highest BCUT2D eigenvalue weighted by molar-refractivity contribution is 5.96. The Morgan fingerprint density at radius 2 is 2.11 bits per heavy atom. The summed E-state index contributed by atoms with van der Waals surface area (Å²) in [5, 5.41) is 7.28. The first-order chi connectivity index (χ1) is 13.7. The molecule has 0 spiro atoms. The molecule has 1 N–H and O–H groups in total. The van der Waals surface area contributed by atoms with Gasteiger partial charge in [-0.2, -0.15) is 5.10 Å². The summed E-state index contributed by atoms with van der Waals surface area (Å²) < 4.78 is 7.47. The third-order valence-electron chi connectivity index (χ3n) is 4.71. The standard InChI is InChI=1S/C21H23N5O2/c1-16-11-23-26(13-16)19-7-8-22-12-18(19)24-21(27)20-15-25(9-10-28-20)14-17-5-3-2-4-6-17/h2-8,11-13,20H,9-10,14-15H2,1H3,(H,24,27). The van der Waals surface area contributed by atoms with Crippen molar-refractivity contribution in [2.45, 2.75) is 19.6 Å². The molecular formula is C21H23N5O2. The van der Waals surface area contributed by atoms with E-state index in [-0.39, 0.29) is 5.91 Å². The van der Waals surface area contributed by atoms with Gasteiger partial charge >= 0.3 is 0 Å². The van der Waals surface area contributed by atoms with Gasteiger partial charge in [-0.15, -0.1) is 0 Å². The zero-order valence-electron chi connectivity index (χ0n) is 15.8. The molecule has 3 aromatic rings. The fourth-order valence-electron chi connectivity index (χ4n) is 3.29. The van der Waals surface area contributed by atoms with Gasteiger partial charge in [-0.25, -0.2) is 4.68 Å². The van der Waals surface area contributed by atoms with Crippen molar-refractivity contribution in [2.75, 3.05) is 25.0 Å². The maximum Gasteiger partial charge on any atom is 0.254 e. The molecule has 0 radical (unpaired) electrons. The number of hydrogen-bond acceptors (Lipinski definition) is 5. The van der Waals surface area contributed by atoms with Crippen LogP contribution in [0.3, 0.4) is 0 Å². The molecule has 7 nitrogen and oxygen atoms in total. The fourth-order valence-corrected chi connectivity index (χ4v) is 3.29. The third-order valence-corrected chi connectivity index (χ3v) is 4.71. The molecule has 1 amide bonds. The molecule has 0 bridgehead atoms. The van der Waals surface area contributed by atoms with Crippen LogP contribution >= 0.6 is 0 Å². The summed E-state index contributed by atoms with van der Waals surface area (Å²) in [6.45, 7) is 4.67. The number of ether oxygens (including phenoxy) is 1. The van der Waals surface area contributed by atoms with Crippen LogP contribution in [-0.4, -0.2) is 51.4 Å². The summed E-state index contributed by atoms with van der Waals surface area (Å²) in [6, 6.07) is 12.1. The predicted octanol–water partition coefficient (Wildman–Crippen LogP) is 2.42. The summed E-state index contributed by atoms with van der Waals surface area (Å²) in [7, 11) is 0. The largest absolute Gasteiger partial charge is 0.366 e. The average Bonchev–Trinajstić information content (AvgIpc) is 3.15. The predicted molar refractivity (Wildman–Crippen MR) is 106 cm³/mol. The minimum absolute atomic E-state index is 0.170. The van der Waals surface area contributed by atoms with Gasteiger partial charge in [0.25, 0.3) is 5.91 Å². The second-order valence-corrected chi connectivity index (χ2v) is 6.92. The Morgan fingerprint density at radius 3 is 2.89 bits per heavy atom. The van der Waals surface area contributed by atoms with Crippen LogP contribution in [0.5, 0.6) is 0 Å². The quantitative estimate of drug-likeness (QED) is 0.739. The zero-order chi connectivity index (χ0) is 19.3. The van der Waals surface area contributed by atoms with Crippen molar-refractivity contribution in [1.29, 1.82) is 0 Å². The summed E-state index contributed by atoms with van der Waals surface area (Å²) >= 11 is 0. The van der Waals surface area contributed by atoms with Crippen molar-refractivity contribution in [3.8, 4) is 5.69 Å². The molecular weight excluding hydrogens is 354 g/mol. The van der Waals surface area contributed by atoms with E-state index in [0.717, 1.165) is 24.3 Å².